The van der Waals surface area contributed by atoms with Gasteiger partial charge >= 0.3 is 5.97 Å². The number of fused-ring (bicyclic) bond motifs is 1. The first kappa shape index (κ1) is 11.3. The van der Waals surface area contributed by atoms with Crippen LogP contribution in [0.1, 0.15) is 10.4 Å². The van der Waals surface area contributed by atoms with Crippen molar-refractivity contribution in [2.24, 2.45) is 10.9 Å². The average Bonchev–Trinajstić information content (AvgIpc) is 2.37. The first-order valence-electron chi connectivity index (χ1n) is 5.19. The Kier molecular flexibility index (Phi) is 3.14. The van der Waals surface area contributed by atoms with E-state index in [-0.39, 0.29) is 12.4 Å². The summed E-state index contributed by atoms with van der Waals surface area (Å²) in [6.45, 7) is 3.53. The van der Waals surface area contributed by atoms with Crippen LogP contribution in [-0.4, -0.2) is 24.6 Å². The van der Waals surface area contributed by atoms with Gasteiger partial charge in [-0.25, -0.2) is 0 Å². The Morgan fingerprint density at radius 1 is 1.47 bits per heavy atom. The topological polar surface area (TPSA) is 55.7 Å². The number of hydrogen-bond donors (Lipinski definition) is 0. The smallest absolute Gasteiger partial charge is 0.322 e. The van der Waals surface area contributed by atoms with Gasteiger partial charge in [0.05, 0.1) is 5.69 Å². The number of benzene rings is 1. The van der Waals surface area contributed by atoms with E-state index in [1.807, 2.05) is 0 Å². The minimum Gasteiger partial charge on any atom is -0.461 e. The standard InChI is InChI=1S/C13H11NO3/c1-2-7-17-13(16)10-8-14-11-6-4-3-5-9(11)12(10)15/h2-6,8,10H,1,7H2. The van der Waals surface area contributed by atoms with E-state index in [9.17, 15) is 9.59 Å². The van der Waals surface area contributed by atoms with Gasteiger partial charge in [-0.05, 0) is 12.1 Å². The van der Waals surface area contributed by atoms with E-state index in [1.54, 1.807) is 24.3 Å². The quantitative estimate of drug-likeness (QED) is 0.452. The third-order valence-electron chi connectivity index (χ3n) is 2.41. The van der Waals surface area contributed by atoms with Crippen LogP contribution in [0, 0.1) is 5.92 Å². The van der Waals surface area contributed by atoms with E-state index in [1.165, 1.54) is 12.3 Å². The molecule has 0 aromatic heterocycles. The molecule has 1 aliphatic rings. The largest absolute Gasteiger partial charge is 0.461 e. The lowest BCUT2D eigenvalue weighted by atomic mass is 9.95. The Morgan fingerprint density at radius 2 is 2.24 bits per heavy atom. The summed E-state index contributed by atoms with van der Waals surface area (Å²) < 4.78 is 4.85. The fourth-order valence-electron chi connectivity index (χ4n) is 1.58. The molecule has 0 bridgehead atoms. The Morgan fingerprint density at radius 3 is 3.00 bits per heavy atom. The number of aliphatic imine (C=N–C) groups is 1. The predicted octanol–water partition coefficient (Wildman–Crippen LogP) is 1.93. The van der Waals surface area contributed by atoms with Crippen LogP contribution < -0.4 is 0 Å². The number of carbonyl (C=O) groups excluding carboxylic acids is 2. The van der Waals surface area contributed by atoms with Crippen LogP contribution >= 0.6 is 0 Å². The summed E-state index contributed by atoms with van der Waals surface area (Å²) in [4.78, 5) is 27.7. The van der Waals surface area contributed by atoms with Crippen molar-refractivity contribution in [3.05, 3.63) is 42.5 Å². The molecule has 0 saturated heterocycles. The van der Waals surface area contributed by atoms with Crippen molar-refractivity contribution in [2.75, 3.05) is 6.61 Å². The fraction of sp³-hybridized carbons (Fsp3) is 0.154. The van der Waals surface area contributed by atoms with E-state index in [0.29, 0.717) is 11.3 Å². The van der Waals surface area contributed by atoms with E-state index in [0.717, 1.165) is 0 Å². The van der Waals surface area contributed by atoms with E-state index >= 15 is 0 Å². The third-order valence-corrected chi connectivity index (χ3v) is 2.41. The highest BCUT2D eigenvalue weighted by Gasteiger charge is 2.31. The monoisotopic (exact) mass is 229 g/mol. The Bertz CT molecular complexity index is 505. The maximum absolute atomic E-state index is 12.0. The number of carbonyl (C=O) groups is 2. The summed E-state index contributed by atoms with van der Waals surface area (Å²) in [5, 5.41) is 0. The summed E-state index contributed by atoms with van der Waals surface area (Å²) in [5.41, 5.74) is 1.04. The van der Waals surface area contributed by atoms with Crippen LogP contribution in [0.15, 0.2) is 41.9 Å². The Balaban J connectivity index is 2.23. The summed E-state index contributed by atoms with van der Waals surface area (Å²) in [5.74, 6) is -1.80. The number of esters is 1. The van der Waals surface area contributed by atoms with Crippen molar-refractivity contribution < 1.29 is 14.3 Å². The maximum Gasteiger partial charge on any atom is 0.322 e. The molecule has 1 unspecified atom stereocenters. The lowest BCUT2D eigenvalue weighted by Crippen LogP contribution is -2.29. The second kappa shape index (κ2) is 4.74. The Hall–Kier alpha value is -2.23. The first-order valence-corrected chi connectivity index (χ1v) is 5.19. The number of hydrogen-bond acceptors (Lipinski definition) is 4. The first-order chi connectivity index (χ1) is 8.24. The molecular weight excluding hydrogens is 218 g/mol. The number of Topliss-reactive ketones (excluding diaryl/α,β-unsaturated/α-hetero) is 1. The van der Waals surface area contributed by atoms with Crippen LogP contribution in [0.25, 0.3) is 0 Å². The molecule has 0 spiro atoms. The molecular formula is C13H11NO3. The highest BCUT2D eigenvalue weighted by atomic mass is 16.5. The molecule has 0 saturated carbocycles. The van der Waals surface area contributed by atoms with Gasteiger partial charge in [-0.1, -0.05) is 24.8 Å². The van der Waals surface area contributed by atoms with Crippen molar-refractivity contribution >= 4 is 23.7 Å². The molecule has 1 aromatic rings. The maximum atomic E-state index is 12.0. The summed E-state index contributed by atoms with van der Waals surface area (Å²) in [6.07, 6.45) is 2.78. The highest BCUT2D eigenvalue weighted by molar-refractivity contribution is 6.22. The van der Waals surface area contributed by atoms with Gasteiger partial charge in [0.1, 0.15) is 6.61 Å². The molecule has 0 amide bonds. The van der Waals surface area contributed by atoms with Gasteiger partial charge in [0, 0.05) is 11.8 Å². The second-order valence-electron chi connectivity index (χ2n) is 3.56. The highest BCUT2D eigenvalue weighted by Crippen LogP contribution is 2.26. The van der Waals surface area contributed by atoms with Crippen LogP contribution in [0.5, 0.6) is 0 Å². The fourth-order valence-corrected chi connectivity index (χ4v) is 1.58. The van der Waals surface area contributed by atoms with E-state index < -0.39 is 11.9 Å². The molecule has 0 aliphatic carbocycles. The summed E-state index contributed by atoms with van der Waals surface area (Å²) in [6, 6.07) is 6.92. The van der Waals surface area contributed by atoms with Crippen molar-refractivity contribution in [3.8, 4) is 0 Å². The lowest BCUT2D eigenvalue weighted by Gasteiger charge is -2.15. The van der Waals surface area contributed by atoms with Gasteiger partial charge < -0.3 is 4.74 Å². The molecule has 0 fully saturated rings. The van der Waals surface area contributed by atoms with Crippen LogP contribution in [-0.2, 0) is 9.53 Å². The third kappa shape index (κ3) is 2.15. The van der Waals surface area contributed by atoms with Gasteiger partial charge in [0.15, 0.2) is 11.7 Å². The molecule has 86 valence electrons. The summed E-state index contributed by atoms with van der Waals surface area (Å²) in [7, 11) is 0. The van der Waals surface area contributed by atoms with Crippen molar-refractivity contribution in [3.63, 3.8) is 0 Å². The van der Waals surface area contributed by atoms with Crippen LogP contribution in [0.3, 0.4) is 0 Å². The molecule has 0 N–H and O–H groups in total. The zero-order valence-corrected chi connectivity index (χ0v) is 9.13. The van der Waals surface area contributed by atoms with Gasteiger partial charge in [-0.2, -0.15) is 0 Å². The minimum absolute atomic E-state index is 0.0953. The molecule has 1 aromatic carbocycles. The molecule has 4 heteroatoms. The number of ketones is 1. The van der Waals surface area contributed by atoms with Gasteiger partial charge in [0.25, 0.3) is 0 Å². The van der Waals surface area contributed by atoms with Crippen molar-refractivity contribution in [2.45, 2.75) is 0 Å². The molecule has 2 rings (SSSR count). The summed E-state index contributed by atoms with van der Waals surface area (Å²) >= 11 is 0. The van der Waals surface area contributed by atoms with Gasteiger partial charge in [-0.3, -0.25) is 14.6 Å². The Labute approximate surface area is 98.6 Å². The van der Waals surface area contributed by atoms with Gasteiger partial charge in [-0.15, -0.1) is 0 Å². The normalized spacial score (nSPS) is 17.4. The number of rotatable bonds is 3. The van der Waals surface area contributed by atoms with Crippen LogP contribution in [0.4, 0.5) is 5.69 Å². The molecule has 17 heavy (non-hydrogen) atoms. The average molecular weight is 229 g/mol. The van der Waals surface area contributed by atoms with Crippen molar-refractivity contribution in [1.82, 2.24) is 0 Å². The molecule has 4 nitrogen and oxygen atoms in total. The molecule has 1 heterocycles. The van der Waals surface area contributed by atoms with E-state index in [2.05, 4.69) is 11.6 Å². The minimum atomic E-state index is -0.940. The molecule has 0 radical (unpaired) electrons. The van der Waals surface area contributed by atoms with Crippen molar-refractivity contribution in [1.29, 1.82) is 0 Å². The second-order valence-corrected chi connectivity index (χ2v) is 3.56. The predicted molar refractivity (Wildman–Crippen MR) is 63.6 cm³/mol. The van der Waals surface area contributed by atoms with Crippen LogP contribution in [0.2, 0.25) is 0 Å². The zero-order valence-electron chi connectivity index (χ0n) is 9.13. The molecule has 1 aliphatic heterocycles. The zero-order chi connectivity index (χ0) is 12.3. The number of ether oxygens (including phenoxy) is 1. The lowest BCUT2D eigenvalue weighted by molar-refractivity contribution is -0.143. The number of nitrogens with zero attached hydrogens (tertiary/aromatic N) is 1. The van der Waals surface area contributed by atoms with E-state index in [4.69, 9.17) is 4.74 Å². The van der Waals surface area contributed by atoms with Gasteiger partial charge in [0.2, 0.25) is 0 Å². The number of para-hydroxylation sites is 1. The SMILES string of the molecule is C=CCOC(=O)C1C=Nc2ccccc2C1=O. The molecule has 1 atom stereocenters.